The van der Waals surface area contributed by atoms with Gasteiger partial charge in [-0.05, 0) is 77.0 Å². The summed E-state index contributed by atoms with van der Waals surface area (Å²) in [5, 5.41) is 50.1. The van der Waals surface area contributed by atoms with Crippen molar-refractivity contribution in [3.05, 3.63) is 72.9 Å². The second-order valence-electron chi connectivity index (χ2n) is 14.8. The van der Waals surface area contributed by atoms with Gasteiger partial charge < -0.3 is 39.9 Å². The molecule has 1 saturated carbocycles. The molecular formula is C45H77O12P. The summed E-state index contributed by atoms with van der Waals surface area (Å²) < 4.78 is 34.0. The lowest BCUT2D eigenvalue weighted by Gasteiger charge is -2.41. The Labute approximate surface area is 349 Å². The van der Waals surface area contributed by atoms with Crippen LogP contribution in [-0.4, -0.2) is 98.9 Å². The van der Waals surface area contributed by atoms with Crippen molar-refractivity contribution in [3.63, 3.8) is 0 Å². The van der Waals surface area contributed by atoms with Gasteiger partial charge in [0.05, 0.1) is 13.2 Å². The van der Waals surface area contributed by atoms with Crippen molar-refractivity contribution in [2.75, 3.05) is 19.8 Å². The van der Waals surface area contributed by atoms with E-state index in [0.29, 0.717) is 19.4 Å². The largest absolute Gasteiger partial charge is 0.472 e. The van der Waals surface area contributed by atoms with E-state index in [1.807, 2.05) is 12.2 Å². The topological polar surface area (TPSA) is 192 Å². The van der Waals surface area contributed by atoms with E-state index in [2.05, 4.69) is 74.6 Å². The molecule has 6 unspecified atom stereocenters. The van der Waals surface area contributed by atoms with E-state index < -0.39 is 63.1 Å². The molecular weight excluding hydrogens is 763 g/mol. The summed E-state index contributed by atoms with van der Waals surface area (Å²) in [7, 11) is -5.04. The fourth-order valence-corrected chi connectivity index (χ4v) is 7.06. The summed E-state index contributed by atoms with van der Waals surface area (Å²) in [5.41, 5.74) is 0. The number of phosphoric ester groups is 1. The van der Waals surface area contributed by atoms with Crippen molar-refractivity contribution in [2.45, 2.75) is 185 Å². The monoisotopic (exact) mass is 841 g/mol. The molecule has 0 spiro atoms. The quantitative estimate of drug-likeness (QED) is 0.0155. The van der Waals surface area contributed by atoms with Gasteiger partial charge in [0.2, 0.25) is 0 Å². The first-order valence-electron chi connectivity index (χ1n) is 21.8. The minimum absolute atomic E-state index is 0.103. The SMILES string of the molecule is CC/C=C\C/C=C\C/C=C\C/C=C\C/C=C\CCCC(=O)OC(COCCCCCCCC/C=C\CCCCCC)COP(=O)(O)OC1C(O)C(O)C(O)C(O)C1O. The molecule has 6 N–H and O–H groups in total. The van der Waals surface area contributed by atoms with Crippen LogP contribution in [0.25, 0.3) is 0 Å². The fraction of sp³-hybridized carbons (Fsp3) is 0.711. The second-order valence-corrected chi connectivity index (χ2v) is 16.2. The highest BCUT2D eigenvalue weighted by molar-refractivity contribution is 7.47. The molecule has 58 heavy (non-hydrogen) atoms. The number of carbonyl (C=O) groups excluding carboxylic acids is 1. The number of esters is 1. The molecule has 1 aliphatic carbocycles. The third-order valence-electron chi connectivity index (χ3n) is 9.56. The summed E-state index contributed by atoms with van der Waals surface area (Å²) in [6.07, 6.45) is 32.6. The number of allylic oxidation sites excluding steroid dienone is 12. The molecule has 334 valence electrons. The lowest BCUT2D eigenvalue weighted by atomic mass is 9.85. The van der Waals surface area contributed by atoms with E-state index in [0.717, 1.165) is 64.2 Å². The van der Waals surface area contributed by atoms with E-state index in [9.17, 15) is 39.8 Å². The zero-order valence-electron chi connectivity index (χ0n) is 35.3. The van der Waals surface area contributed by atoms with Gasteiger partial charge in [-0.2, -0.15) is 0 Å². The van der Waals surface area contributed by atoms with Gasteiger partial charge >= 0.3 is 13.8 Å². The molecule has 0 saturated heterocycles. The van der Waals surface area contributed by atoms with E-state index in [1.54, 1.807) is 0 Å². The minimum atomic E-state index is -5.04. The molecule has 1 aliphatic rings. The van der Waals surface area contributed by atoms with Gasteiger partial charge in [-0.1, -0.05) is 132 Å². The van der Waals surface area contributed by atoms with Gasteiger partial charge in [-0.25, -0.2) is 4.57 Å². The van der Waals surface area contributed by atoms with Gasteiger partial charge in [0.25, 0.3) is 0 Å². The number of aliphatic hydroxyl groups is 5. The molecule has 13 heteroatoms. The summed E-state index contributed by atoms with van der Waals surface area (Å²) >= 11 is 0. The van der Waals surface area contributed by atoms with Crippen LogP contribution >= 0.6 is 7.82 Å². The lowest BCUT2D eigenvalue weighted by Crippen LogP contribution is -2.64. The summed E-state index contributed by atoms with van der Waals surface area (Å²) in [6.45, 7) is 4.03. The van der Waals surface area contributed by atoms with Crippen molar-refractivity contribution in [1.82, 2.24) is 0 Å². The van der Waals surface area contributed by atoms with Gasteiger partial charge in [0, 0.05) is 13.0 Å². The second kappa shape index (κ2) is 35.5. The van der Waals surface area contributed by atoms with Crippen molar-refractivity contribution in [1.29, 1.82) is 0 Å². The Balaban J connectivity index is 2.49. The van der Waals surface area contributed by atoms with Gasteiger partial charge in [-0.3, -0.25) is 13.8 Å². The Bertz CT molecular complexity index is 1230. The van der Waals surface area contributed by atoms with E-state index in [-0.39, 0.29) is 13.0 Å². The van der Waals surface area contributed by atoms with E-state index >= 15 is 0 Å². The number of unbranched alkanes of at least 4 members (excludes halogenated alkanes) is 11. The van der Waals surface area contributed by atoms with Crippen molar-refractivity contribution in [3.8, 4) is 0 Å². The first-order chi connectivity index (χ1) is 28.0. The number of aliphatic hydroxyl groups excluding tert-OH is 5. The predicted molar refractivity (Wildman–Crippen MR) is 230 cm³/mol. The Morgan fingerprint density at radius 3 is 1.57 bits per heavy atom. The first-order valence-corrected chi connectivity index (χ1v) is 23.3. The minimum Gasteiger partial charge on any atom is -0.457 e. The fourth-order valence-electron chi connectivity index (χ4n) is 6.09. The van der Waals surface area contributed by atoms with Crippen LogP contribution in [-0.2, 0) is 27.9 Å². The van der Waals surface area contributed by atoms with Crippen LogP contribution < -0.4 is 0 Å². The molecule has 0 aromatic heterocycles. The van der Waals surface area contributed by atoms with Crippen LogP contribution in [0.5, 0.6) is 0 Å². The van der Waals surface area contributed by atoms with Crippen molar-refractivity contribution in [2.24, 2.45) is 0 Å². The normalized spacial score (nSPS) is 23.4. The predicted octanol–water partition coefficient (Wildman–Crippen LogP) is 8.41. The highest BCUT2D eigenvalue weighted by Crippen LogP contribution is 2.47. The highest BCUT2D eigenvalue weighted by atomic mass is 31.2. The first kappa shape index (κ1) is 53.8. The molecule has 0 aromatic rings. The number of rotatable bonds is 35. The maximum absolute atomic E-state index is 12.8. The molecule has 12 nitrogen and oxygen atoms in total. The Morgan fingerprint density at radius 2 is 1.02 bits per heavy atom. The number of carbonyl (C=O) groups is 1. The summed E-state index contributed by atoms with van der Waals surface area (Å²) in [4.78, 5) is 23.1. The third kappa shape index (κ3) is 27.5. The number of hydrogen-bond donors (Lipinski definition) is 6. The number of hydrogen-bond acceptors (Lipinski definition) is 11. The smallest absolute Gasteiger partial charge is 0.457 e. The average molecular weight is 841 g/mol. The maximum atomic E-state index is 12.8. The molecule has 0 aromatic carbocycles. The summed E-state index contributed by atoms with van der Waals surface area (Å²) in [6, 6.07) is 0. The standard InChI is InChI=1S/C45H77O12P/c1-3-5-7-9-11-13-15-17-19-20-21-22-24-26-28-30-32-34-39(46)56-38(36-54-35-33-31-29-27-25-23-18-16-14-12-10-8-6-4-2)37-55-58(52,53)57-45-43(50)41(48)40(47)42(49)44(45)51/h5,7,11,13-14,16-17,19,21-22,26,28,38,40-45,47-51H,3-4,6,8-10,12,15,18,20,23-25,27,29-37H2,1-2H3,(H,52,53)/b7-5-,13-11-,16-14-,19-17-,22-21-,28-26-. The van der Waals surface area contributed by atoms with Gasteiger partial charge in [0.15, 0.2) is 0 Å². The van der Waals surface area contributed by atoms with E-state index in [4.69, 9.17) is 18.5 Å². The third-order valence-corrected chi connectivity index (χ3v) is 10.5. The molecule has 6 atom stereocenters. The average Bonchev–Trinajstić information content (AvgIpc) is 3.21. The molecule has 0 aliphatic heterocycles. The Hall–Kier alpha value is -2.22. The number of phosphoric acid groups is 1. The van der Waals surface area contributed by atoms with Crippen LogP contribution in [0.4, 0.5) is 0 Å². The molecule has 1 fully saturated rings. The molecule has 0 bridgehead atoms. The summed E-state index contributed by atoms with van der Waals surface area (Å²) in [5.74, 6) is -0.539. The molecule has 0 amide bonds. The van der Waals surface area contributed by atoms with E-state index in [1.165, 1.54) is 44.9 Å². The Kier molecular flexibility index (Phi) is 33.0. The van der Waals surface area contributed by atoms with Crippen LogP contribution in [0.15, 0.2) is 72.9 Å². The van der Waals surface area contributed by atoms with Crippen molar-refractivity contribution < 1.29 is 58.3 Å². The molecule has 0 heterocycles. The number of ether oxygens (including phenoxy) is 2. The molecule has 1 rings (SSSR count). The molecule has 0 radical (unpaired) electrons. The van der Waals surface area contributed by atoms with Crippen LogP contribution in [0.3, 0.4) is 0 Å². The van der Waals surface area contributed by atoms with Gasteiger partial charge in [-0.15, -0.1) is 0 Å². The maximum Gasteiger partial charge on any atom is 0.472 e. The zero-order valence-corrected chi connectivity index (χ0v) is 36.2. The Morgan fingerprint density at radius 1 is 0.569 bits per heavy atom. The van der Waals surface area contributed by atoms with Gasteiger partial charge in [0.1, 0.15) is 42.7 Å². The highest BCUT2D eigenvalue weighted by Gasteiger charge is 2.51. The zero-order chi connectivity index (χ0) is 42.7. The van der Waals surface area contributed by atoms with Crippen LogP contribution in [0.1, 0.15) is 142 Å². The van der Waals surface area contributed by atoms with Crippen LogP contribution in [0.2, 0.25) is 0 Å². The van der Waals surface area contributed by atoms with Crippen molar-refractivity contribution >= 4 is 13.8 Å². The lowest BCUT2D eigenvalue weighted by molar-refractivity contribution is -0.220. The van der Waals surface area contributed by atoms with Crippen LogP contribution in [0, 0.1) is 0 Å².